The Kier molecular flexibility index (Phi) is 7.83. The van der Waals surface area contributed by atoms with Crippen LogP contribution in [-0.4, -0.2) is 66.6 Å². The Labute approximate surface area is 181 Å². The van der Waals surface area contributed by atoms with Crippen LogP contribution >= 0.6 is 0 Å². The van der Waals surface area contributed by atoms with Crippen LogP contribution in [-0.2, 0) is 19.7 Å². The highest BCUT2D eigenvalue weighted by Gasteiger charge is 2.28. The number of ether oxygens (including phenoxy) is 3. The summed E-state index contributed by atoms with van der Waals surface area (Å²) < 4.78 is 42.7. The van der Waals surface area contributed by atoms with Gasteiger partial charge in [-0.2, -0.15) is 12.7 Å². The third kappa shape index (κ3) is 5.44. The van der Waals surface area contributed by atoms with E-state index in [1.54, 1.807) is 30.3 Å². The Hall–Kier alpha value is -3.31. The molecule has 2 aromatic rings. The van der Waals surface area contributed by atoms with E-state index in [1.165, 1.54) is 47.6 Å². The van der Waals surface area contributed by atoms with E-state index in [1.807, 2.05) is 0 Å². The molecule has 0 aliphatic carbocycles. The molecule has 0 aliphatic rings. The Morgan fingerprint density at radius 2 is 1.55 bits per heavy atom. The number of carbonyl (C=O) groups is 2. The van der Waals surface area contributed by atoms with E-state index in [0.717, 1.165) is 8.61 Å². The SMILES string of the molecule is COC(=O)c1cc(OC)c(OC)cc1NC(=O)CN(c1ccccc1)S(=O)(=O)N(C)C. The van der Waals surface area contributed by atoms with E-state index < -0.39 is 28.6 Å². The van der Waals surface area contributed by atoms with Gasteiger partial charge in [-0.15, -0.1) is 0 Å². The summed E-state index contributed by atoms with van der Waals surface area (Å²) in [6.07, 6.45) is 0. The average Bonchev–Trinajstić information content (AvgIpc) is 2.76. The molecule has 168 valence electrons. The largest absolute Gasteiger partial charge is 0.493 e. The first-order valence-corrected chi connectivity index (χ1v) is 10.4. The van der Waals surface area contributed by atoms with E-state index in [4.69, 9.17) is 14.2 Å². The highest BCUT2D eigenvalue weighted by atomic mass is 32.2. The predicted molar refractivity (Wildman–Crippen MR) is 116 cm³/mol. The average molecular weight is 452 g/mol. The Balaban J connectivity index is 2.42. The zero-order chi connectivity index (χ0) is 23.2. The number of methoxy groups -OCH3 is 3. The number of hydrogen-bond acceptors (Lipinski definition) is 7. The molecule has 2 aromatic carbocycles. The zero-order valence-electron chi connectivity index (χ0n) is 17.9. The second-order valence-corrected chi connectivity index (χ2v) is 8.49. The van der Waals surface area contributed by atoms with Gasteiger partial charge in [0.1, 0.15) is 6.54 Å². The molecule has 0 saturated carbocycles. The second-order valence-electron chi connectivity index (χ2n) is 6.42. The third-order valence-corrected chi connectivity index (χ3v) is 6.09. The number of nitrogens with one attached hydrogen (secondary N) is 1. The van der Waals surface area contributed by atoms with Gasteiger partial charge in [0.2, 0.25) is 5.91 Å². The van der Waals surface area contributed by atoms with Gasteiger partial charge in [0.05, 0.1) is 38.3 Å². The van der Waals surface area contributed by atoms with Crippen molar-refractivity contribution in [2.24, 2.45) is 0 Å². The third-order valence-electron chi connectivity index (χ3n) is 4.27. The van der Waals surface area contributed by atoms with Crippen molar-refractivity contribution >= 4 is 33.5 Å². The number of amides is 1. The second kappa shape index (κ2) is 10.1. The first-order chi connectivity index (χ1) is 14.6. The van der Waals surface area contributed by atoms with E-state index in [-0.39, 0.29) is 22.7 Å². The summed E-state index contributed by atoms with van der Waals surface area (Å²) in [5.41, 5.74) is 0.423. The molecular formula is C20H25N3O7S. The smallest absolute Gasteiger partial charge is 0.340 e. The fourth-order valence-electron chi connectivity index (χ4n) is 2.68. The standard InChI is InChI=1S/C20H25N3O7S/c1-22(2)31(26,27)23(14-9-7-6-8-10-14)13-19(24)21-16-12-18(29-4)17(28-3)11-15(16)20(25)30-5/h6-12H,13H2,1-5H3,(H,21,24). The lowest BCUT2D eigenvalue weighted by Crippen LogP contribution is -2.44. The molecule has 11 heteroatoms. The topological polar surface area (TPSA) is 114 Å². The molecule has 1 amide bonds. The fourth-order valence-corrected chi connectivity index (χ4v) is 3.74. The molecule has 0 aromatic heterocycles. The number of nitrogens with zero attached hydrogens (tertiary/aromatic N) is 2. The van der Waals surface area contributed by atoms with Crippen LogP contribution in [0, 0.1) is 0 Å². The summed E-state index contributed by atoms with van der Waals surface area (Å²) in [6, 6.07) is 11.0. The maximum absolute atomic E-state index is 12.8. The predicted octanol–water partition coefficient (Wildman–Crippen LogP) is 1.74. The number of hydrogen-bond donors (Lipinski definition) is 1. The molecule has 0 saturated heterocycles. The normalized spacial score (nSPS) is 11.0. The molecule has 0 heterocycles. The molecule has 2 rings (SSSR count). The molecule has 0 fully saturated rings. The minimum atomic E-state index is -3.96. The van der Waals surface area contributed by atoms with Crippen LogP contribution in [0.15, 0.2) is 42.5 Å². The summed E-state index contributed by atoms with van der Waals surface area (Å²) in [6.45, 7) is -0.528. The maximum atomic E-state index is 12.8. The van der Waals surface area contributed by atoms with Crippen molar-refractivity contribution in [2.45, 2.75) is 0 Å². The summed E-state index contributed by atoms with van der Waals surface area (Å²) in [4.78, 5) is 25.0. The minimum absolute atomic E-state index is 0.0234. The zero-order valence-corrected chi connectivity index (χ0v) is 18.7. The van der Waals surface area contributed by atoms with Crippen LogP contribution in [0.2, 0.25) is 0 Å². The van der Waals surface area contributed by atoms with Gasteiger partial charge < -0.3 is 19.5 Å². The van der Waals surface area contributed by atoms with Gasteiger partial charge in [-0.3, -0.25) is 4.79 Å². The number of para-hydroxylation sites is 1. The van der Waals surface area contributed by atoms with Gasteiger partial charge >= 0.3 is 16.2 Å². The summed E-state index contributed by atoms with van der Waals surface area (Å²) in [5, 5.41) is 2.56. The van der Waals surface area contributed by atoms with Crippen LogP contribution in [0.1, 0.15) is 10.4 Å². The van der Waals surface area contributed by atoms with Crippen LogP contribution in [0.5, 0.6) is 11.5 Å². The van der Waals surface area contributed by atoms with Crippen LogP contribution in [0.25, 0.3) is 0 Å². The van der Waals surface area contributed by atoms with E-state index in [0.29, 0.717) is 5.69 Å². The lowest BCUT2D eigenvalue weighted by molar-refractivity contribution is -0.114. The van der Waals surface area contributed by atoms with Crippen molar-refractivity contribution in [2.75, 3.05) is 51.6 Å². The van der Waals surface area contributed by atoms with E-state index in [9.17, 15) is 18.0 Å². The molecule has 0 bridgehead atoms. The lowest BCUT2D eigenvalue weighted by atomic mass is 10.1. The number of rotatable bonds is 9. The molecule has 10 nitrogen and oxygen atoms in total. The molecule has 0 unspecified atom stereocenters. The lowest BCUT2D eigenvalue weighted by Gasteiger charge is -2.27. The highest BCUT2D eigenvalue weighted by molar-refractivity contribution is 7.90. The van der Waals surface area contributed by atoms with Gasteiger partial charge in [0.15, 0.2) is 11.5 Å². The molecule has 1 N–H and O–H groups in total. The molecule has 0 atom stereocenters. The number of anilines is 2. The van der Waals surface area contributed by atoms with Crippen molar-refractivity contribution in [3.8, 4) is 11.5 Å². The first-order valence-electron chi connectivity index (χ1n) is 9.05. The van der Waals surface area contributed by atoms with Crippen molar-refractivity contribution in [1.82, 2.24) is 4.31 Å². The number of benzene rings is 2. The van der Waals surface area contributed by atoms with Crippen LogP contribution in [0.3, 0.4) is 0 Å². The summed E-state index contributed by atoms with van der Waals surface area (Å²) in [5.74, 6) is -0.850. The van der Waals surface area contributed by atoms with Crippen molar-refractivity contribution in [1.29, 1.82) is 0 Å². The van der Waals surface area contributed by atoms with Gasteiger partial charge in [-0.1, -0.05) is 18.2 Å². The van der Waals surface area contributed by atoms with Gasteiger partial charge in [-0.05, 0) is 12.1 Å². The fraction of sp³-hybridized carbons (Fsp3) is 0.300. The highest BCUT2D eigenvalue weighted by Crippen LogP contribution is 2.34. The monoisotopic (exact) mass is 451 g/mol. The van der Waals surface area contributed by atoms with E-state index in [2.05, 4.69) is 5.32 Å². The Bertz CT molecular complexity index is 1040. The van der Waals surface area contributed by atoms with Crippen molar-refractivity contribution in [3.63, 3.8) is 0 Å². The molecule has 0 spiro atoms. The Morgan fingerprint density at radius 3 is 2.06 bits per heavy atom. The molecule has 31 heavy (non-hydrogen) atoms. The van der Waals surface area contributed by atoms with Gasteiger partial charge in [0, 0.05) is 26.2 Å². The summed E-state index contributed by atoms with van der Waals surface area (Å²) >= 11 is 0. The maximum Gasteiger partial charge on any atom is 0.340 e. The summed E-state index contributed by atoms with van der Waals surface area (Å²) in [7, 11) is 2.78. The minimum Gasteiger partial charge on any atom is -0.493 e. The number of esters is 1. The molecular weight excluding hydrogens is 426 g/mol. The van der Waals surface area contributed by atoms with E-state index >= 15 is 0 Å². The van der Waals surface area contributed by atoms with Gasteiger partial charge in [-0.25, -0.2) is 9.10 Å². The molecule has 0 radical (unpaired) electrons. The quantitative estimate of drug-likeness (QED) is 0.578. The first kappa shape index (κ1) is 24.0. The molecule has 0 aliphatic heterocycles. The van der Waals surface area contributed by atoms with Crippen molar-refractivity contribution < 1.29 is 32.2 Å². The number of carbonyl (C=O) groups excluding carboxylic acids is 2. The van der Waals surface area contributed by atoms with Gasteiger partial charge in [0.25, 0.3) is 0 Å². The van der Waals surface area contributed by atoms with Crippen LogP contribution < -0.4 is 19.1 Å². The Morgan fingerprint density at radius 1 is 0.968 bits per heavy atom. The van der Waals surface area contributed by atoms with Crippen LogP contribution in [0.4, 0.5) is 11.4 Å². The van der Waals surface area contributed by atoms with Crippen molar-refractivity contribution in [3.05, 3.63) is 48.0 Å².